The first-order valence-corrected chi connectivity index (χ1v) is 8.22. The van der Waals surface area contributed by atoms with Gasteiger partial charge in [0.25, 0.3) is 5.92 Å². The van der Waals surface area contributed by atoms with Gasteiger partial charge in [-0.1, -0.05) is 23.3 Å². The number of carbonyl (C=O) groups is 1. The van der Waals surface area contributed by atoms with E-state index in [0.717, 1.165) is 5.56 Å². The van der Waals surface area contributed by atoms with Gasteiger partial charge in [0.1, 0.15) is 6.04 Å². The predicted octanol–water partition coefficient (Wildman–Crippen LogP) is 2.79. The van der Waals surface area contributed by atoms with Gasteiger partial charge in [0.05, 0.1) is 12.0 Å². The van der Waals surface area contributed by atoms with E-state index in [9.17, 15) is 13.6 Å². The molecular weight excluding hydrogens is 330 g/mol. The molecule has 1 aromatic heterocycles. The van der Waals surface area contributed by atoms with Crippen molar-refractivity contribution in [2.45, 2.75) is 31.7 Å². The van der Waals surface area contributed by atoms with Crippen LogP contribution in [0.15, 0.2) is 34.7 Å². The molecule has 0 bridgehead atoms. The van der Waals surface area contributed by atoms with Crippen LogP contribution in [0.25, 0.3) is 11.5 Å². The third-order valence-corrected chi connectivity index (χ3v) is 4.98. The number of carbonyl (C=O) groups excluding carboxylic acids is 1. The number of hydrogen-bond acceptors (Lipinski definition) is 5. The number of alkyl halides is 2. The zero-order valence-electron chi connectivity index (χ0n) is 13.7. The first kappa shape index (κ1) is 16.0. The number of benzene rings is 1. The average molecular weight is 348 g/mol. The number of nitrogens with one attached hydrogen (secondary N) is 1. The molecule has 1 spiro atoms. The molecule has 1 N–H and O–H groups in total. The Morgan fingerprint density at radius 2 is 1.96 bits per heavy atom. The lowest BCUT2D eigenvalue weighted by atomic mass is 10.0. The van der Waals surface area contributed by atoms with E-state index in [2.05, 4.69) is 15.5 Å². The van der Waals surface area contributed by atoms with Crippen LogP contribution in [0.5, 0.6) is 0 Å². The number of halogens is 2. The Kier molecular flexibility index (Phi) is 3.52. The summed E-state index contributed by atoms with van der Waals surface area (Å²) < 4.78 is 33.5. The van der Waals surface area contributed by atoms with Crippen LogP contribution in [0, 0.1) is 5.41 Å². The highest BCUT2D eigenvalue weighted by Crippen LogP contribution is 2.60. The summed E-state index contributed by atoms with van der Waals surface area (Å²) in [7, 11) is 0. The highest BCUT2D eigenvalue weighted by molar-refractivity contribution is 5.84. The molecule has 0 unspecified atom stereocenters. The van der Waals surface area contributed by atoms with Crippen molar-refractivity contribution >= 4 is 11.9 Å². The Morgan fingerprint density at radius 3 is 2.60 bits per heavy atom. The molecule has 1 aliphatic heterocycles. The van der Waals surface area contributed by atoms with Gasteiger partial charge in [0.15, 0.2) is 0 Å². The maximum absolute atomic E-state index is 14.0. The van der Waals surface area contributed by atoms with E-state index in [1.54, 1.807) is 6.92 Å². The zero-order valence-corrected chi connectivity index (χ0v) is 13.7. The van der Waals surface area contributed by atoms with E-state index in [1.807, 2.05) is 30.3 Å². The standard InChI is InChI=1S/C17H18F2N4O2/c1-11(14(24)23-9-16(7-8-16)17(18,19)10-23)20-15-22-21-13(25-15)12-5-3-2-4-6-12/h2-6,11H,7-10H2,1H3,(H,20,22)/t11-/m1/s1. The maximum atomic E-state index is 14.0. The lowest BCUT2D eigenvalue weighted by Crippen LogP contribution is -2.41. The van der Waals surface area contributed by atoms with Crippen molar-refractivity contribution in [3.8, 4) is 11.5 Å². The summed E-state index contributed by atoms with van der Waals surface area (Å²) in [5, 5.41) is 10.6. The summed E-state index contributed by atoms with van der Waals surface area (Å²) in [5.74, 6) is -2.86. The van der Waals surface area contributed by atoms with Gasteiger partial charge in [0, 0.05) is 12.1 Å². The third-order valence-electron chi connectivity index (χ3n) is 4.98. The van der Waals surface area contributed by atoms with Crippen molar-refractivity contribution in [1.82, 2.24) is 15.1 Å². The fourth-order valence-corrected chi connectivity index (χ4v) is 3.27. The van der Waals surface area contributed by atoms with Crippen molar-refractivity contribution in [1.29, 1.82) is 0 Å². The molecule has 132 valence electrons. The number of rotatable bonds is 4. The van der Waals surface area contributed by atoms with E-state index in [4.69, 9.17) is 4.42 Å². The van der Waals surface area contributed by atoms with Gasteiger partial charge < -0.3 is 14.6 Å². The number of likely N-dealkylation sites (tertiary alicyclic amines) is 1. The Morgan fingerprint density at radius 1 is 1.24 bits per heavy atom. The van der Waals surface area contributed by atoms with E-state index in [0.29, 0.717) is 18.7 Å². The minimum absolute atomic E-state index is 0.0896. The van der Waals surface area contributed by atoms with Crippen LogP contribution < -0.4 is 5.32 Å². The molecule has 1 saturated carbocycles. The van der Waals surface area contributed by atoms with Gasteiger partial charge in [-0.25, -0.2) is 8.78 Å². The predicted molar refractivity (Wildman–Crippen MR) is 86.0 cm³/mol. The third kappa shape index (κ3) is 2.75. The Hall–Kier alpha value is -2.51. The highest BCUT2D eigenvalue weighted by atomic mass is 19.3. The second-order valence-electron chi connectivity index (χ2n) is 6.82. The zero-order chi connectivity index (χ0) is 17.7. The van der Waals surface area contributed by atoms with Gasteiger partial charge >= 0.3 is 6.01 Å². The highest BCUT2D eigenvalue weighted by Gasteiger charge is 2.67. The normalized spacial score (nSPS) is 21.3. The van der Waals surface area contributed by atoms with Crippen LogP contribution >= 0.6 is 0 Å². The molecule has 2 aromatic rings. The second kappa shape index (κ2) is 5.50. The Labute approximate surface area is 143 Å². The number of amides is 1. The maximum Gasteiger partial charge on any atom is 0.316 e. The smallest absolute Gasteiger partial charge is 0.316 e. The lowest BCUT2D eigenvalue weighted by Gasteiger charge is -2.20. The van der Waals surface area contributed by atoms with Crippen LogP contribution in [-0.4, -0.2) is 46.1 Å². The summed E-state index contributed by atoms with van der Waals surface area (Å²) in [6, 6.07) is 8.58. The van der Waals surface area contributed by atoms with E-state index >= 15 is 0 Å². The first-order chi connectivity index (χ1) is 11.9. The fraction of sp³-hybridized carbons (Fsp3) is 0.471. The van der Waals surface area contributed by atoms with E-state index in [1.165, 1.54) is 4.90 Å². The van der Waals surface area contributed by atoms with Gasteiger partial charge in [-0.3, -0.25) is 4.79 Å². The molecule has 1 aliphatic carbocycles. The van der Waals surface area contributed by atoms with Crippen LogP contribution in [0.4, 0.5) is 14.8 Å². The second-order valence-corrected chi connectivity index (χ2v) is 6.82. The summed E-state index contributed by atoms with van der Waals surface area (Å²) in [6.07, 6.45) is 0.964. The number of aromatic nitrogens is 2. The monoisotopic (exact) mass is 348 g/mol. The largest absolute Gasteiger partial charge is 0.403 e. The quantitative estimate of drug-likeness (QED) is 0.920. The van der Waals surface area contributed by atoms with Gasteiger partial charge in [-0.15, -0.1) is 5.10 Å². The van der Waals surface area contributed by atoms with Crippen LogP contribution in [-0.2, 0) is 4.79 Å². The molecule has 6 nitrogen and oxygen atoms in total. The average Bonchev–Trinajstić information content (AvgIpc) is 3.16. The molecule has 25 heavy (non-hydrogen) atoms. The lowest BCUT2D eigenvalue weighted by molar-refractivity contribution is -0.132. The summed E-state index contributed by atoms with van der Waals surface area (Å²) in [5.41, 5.74) is -0.232. The molecule has 1 aromatic carbocycles. The molecule has 1 atom stereocenters. The molecular formula is C17H18F2N4O2. The van der Waals surface area contributed by atoms with Crippen molar-refractivity contribution in [3.05, 3.63) is 30.3 Å². The van der Waals surface area contributed by atoms with Crippen molar-refractivity contribution < 1.29 is 18.0 Å². The summed E-state index contributed by atoms with van der Waals surface area (Å²) in [6.45, 7) is 1.20. The van der Waals surface area contributed by atoms with Gasteiger partial charge in [-0.2, -0.15) is 0 Å². The summed E-state index contributed by atoms with van der Waals surface area (Å²) in [4.78, 5) is 13.7. The van der Waals surface area contributed by atoms with Crippen molar-refractivity contribution in [2.24, 2.45) is 5.41 Å². The van der Waals surface area contributed by atoms with E-state index < -0.39 is 23.9 Å². The number of hydrogen-bond donors (Lipinski definition) is 1. The minimum Gasteiger partial charge on any atom is -0.403 e. The topological polar surface area (TPSA) is 71.3 Å². The molecule has 1 amide bonds. The molecule has 2 aliphatic rings. The first-order valence-electron chi connectivity index (χ1n) is 8.22. The van der Waals surface area contributed by atoms with Crippen LogP contribution in [0.2, 0.25) is 0 Å². The van der Waals surface area contributed by atoms with Gasteiger partial charge in [0.2, 0.25) is 11.8 Å². The fourth-order valence-electron chi connectivity index (χ4n) is 3.27. The number of nitrogens with zero attached hydrogens (tertiary/aromatic N) is 3. The van der Waals surface area contributed by atoms with E-state index in [-0.39, 0.29) is 18.5 Å². The molecule has 4 rings (SSSR count). The molecule has 1 saturated heterocycles. The molecule has 2 fully saturated rings. The van der Waals surface area contributed by atoms with Gasteiger partial charge in [-0.05, 0) is 31.9 Å². The van der Waals surface area contributed by atoms with Crippen LogP contribution in [0.3, 0.4) is 0 Å². The molecule has 2 heterocycles. The Bertz CT molecular complexity index is 783. The minimum atomic E-state index is -2.80. The van der Waals surface area contributed by atoms with Crippen molar-refractivity contribution in [2.75, 3.05) is 18.4 Å². The molecule has 0 radical (unpaired) electrons. The SMILES string of the molecule is C[C@@H](Nc1nnc(-c2ccccc2)o1)C(=O)N1CC(F)(F)C2(CC2)C1. The number of anilines is 1. The van der Waals surface area contributed by atoms with Crippen molar-refractivity contribution in [3.63, 3.8) is 0 Å². The Balaban J connectivity index is 1.42. The summed E-state index contributed by atoms with van der Waals surface area (Å²) >= 11 is 0. The van der Waals surface area contributed by atoms with Crippen LogP contribution in [0.1, 0.15) is 19.8 Å². The molecule has 8 heteroatoms.